The van der Waals surface area contributed by atoms with Gasteiger partial charge in [-0.15, -0.1) is 5.10 Å². The van der Waals surface area contributed by atoms with Gasteiger partial charge in [0, 0.05) is 20.2 Å². The van der Waals surface area contributed by atoms with Gasteiger partial charge in [-0.1, -0.05) is 4.49 Å². The number of carbonyl (C=O) groups is 1. The number of aryl methyl sites for hydroxylation is 1. The van der Waals surface area contributed by atoms with E-state index in [0.717, 1.165) is 43.9 Å². The van der Waals surface area contributed by atoms with Gasteiger partial charge < -0.3 is 9.64 Å². The van der Waals surface area contributed by atoms with Gasteiger partial charge in [-0.05, 0) is 37.7 Å². The van der Waals surface area contributed by atoms with Crippen molar-refractivity contribution in [3.05, 3.63) is 10.6 Å². The van der Waals surface area contributed by atoms with E-state index in [0.29, 0.717) is 16.7 Å². The Balaban J connectivity index is 1.85. The van der Waals surface area contributed by atoms with E-state index in [1.54, 1.807) is 4.90 Å². The van der Waals surface area contributed by atoms with Gasteiger partial charge in [-0.2, -0.15) is 0 Å². The van der Waals surface area contributed by atoms with E-state index < -0.39 is 0 Å². The molecule has 0 spiro atoms. The van der Waals surface area contributed by atoms with Crippen molar-refractivity contribution >= 4 is 17.4 Å². The van der Waals surface area contributed by atoms with E-state index in [1.807, 2.05) is 14.0 Å². The second kappa shape index (κ2) is 5.55. The SMILES string of the molecule is Cc1nnsc1C(=O)N(C)CCC1CCCO1. The van der Waals surface area contributed by atoms with E-state index >= 15 is 0 Å². The minimum atomic E-state index is 0.00972. The largest absolute Gasteiger partial charge is 0.378 e. The lowest BCUT2D eigenvalue weighted by molar-refractivity contribution is 0.0718. The molecule has 1 saturated heterocycles. The third-order valence-electron chi connectivity index (χ3n) is 3.00. The molecular formula is C11H17N3O2S. The molecule has 6 heteroatoms. The molecule has 94 valence electrons. The Morgan fingerprint density at radius 1 is 1.65 bits per heavy atom. The van der Waals surface area contributed by atoms with E-state index in [-0.39, 0.29) is 5.91 Å². The van der Waals surface area contributed by atoms with Crippen LogP contribution >= 0.6 is 11.5 Å². The smallest absolute Gasteiger partial charge is 0.267 e. The van der Waals surface area contributed by atoms with Crippen LogP contribution in [0.4, 0.5) is 0 Å². The van der Waals surface area contributed by atoms with Gasteiger partial charge >= 0.3 is 0 Å². The van der Waals surface area contributed by atoms with Crippen LogP contribution in [-0.4, -0.2) is 46.7 Å². The van der Waals surface area contributed by atoms with Crippen LogP contribution < -0.4 is 0 Å². The fraction of sp³-hybridized carbons (Fsp3) is 0.727. The first kappa shape index (κ1) is 12.4. The zero-order valence-electron chi connectivity index (χ0n) is 10.2. The summed E-state index contributed by atoms with van der Waals surface area (Å²) in [6.07, 6.45) is 3.49. The van der Waals surface area contributed by atoms with Crippen molar-refractivity contribution in [3.8, 4) is 0 Å². The Morgan fingerprint density at radius 3 is 3.06 bits per heavy atom. The number of hydrogen-bond donors (Lipinski definition) is 0. The molecule has 1 aromatic heterocycles. The molecule has 0 bridgehead atoms. The van der Waals surface area contributed by atoms with E-state index in [9.17, 15) is 4.79 Å². The zero-order valence-corrected chi connectivity index (χ0v) is 11.0. The Bertz CT molecular complexity index is 388. The summed E-state index contributed by atoms with van der Waals surface area (Å²) in [7, 11) is 1.82. The highest BCUT2D eigenvalue weighted by Crippen LogP contribution is 2.17. The molecule has 1 fully saturated rings. The van der Waals surface area contributed by atoms with Crippen molar-refractivity contribution in [1.82, 2.24) is 14.5 Å². The highest BCUT2D eigenvalue weighted by Gasteiger charge is 2.20. The number of amides is 1. The monoisotopic (exact) mass is 255 g/mol. The molecule has 2 heterocycles. The highest BCUT2D eigenvalue weighted by molar-refractivity contribution is 7.07. The first-order valence-corrected chi connectivity index (χ1v) is 6.62. The lowest BCUT2D eigenvalue weighted by atomic mass is 10.2. The topological polar surface area (TPSA) is 55.3 Å². The summed E-state index contributed by atoms with van der Waals surface area (Å²) in [6.45, 7) is 3.39. The molecule has 1 atom stereocenters. The Labute approximate surface area is 105 Å². The number of carbonyl (C=O) groups excluding carboxylic acids is 1. The van der Waals surface area contributed by atoms with Crippen molar-refractivity contribution in [2.75, 3.05) is 20.2 Å². The highest BCUT2D eigenvalue weighted by atomic mass is 32.1. The van der Waals surface area contributed by atoms with Gasteiger partial charge in [0.2, 0.25) is 0 Å². The fourth-order valence-corrected chi connectivity index (χ4v) is 2.56. The Hall–Kier alpha value is -1.01. The molecule has 0 radical (unpaired) electrons. The fourth-order valence-electron chi connectivity index (χ4n) is 1.91. The number of nitrogens with zero attached hydrogens (tertiary/aromatic N) is 3. The summed E-state index contributed by atoms with van der Waals surface area (Å²) in [5.74, 6) is 0.00972. The third-order valence-corrected chi connectivity index (χ3v) is 3.82. The number of rotatable bonds is 4. The van der Waals surface area contributed by atoms with Gasteiger partial charge in [0.25, 0.3) is 5.91 Å². The average molecular weight is 255 g/mol. The van der Waals surface area contributed by atoms with Crippen molar-refractivity contribution in [2.45, 2.75) is 32.3 Å². The van der Waals surface area contributed by atoms with E-state index in [4.69, 9.17) is 4.74 Å². The molecule has 1 aliphatic heterocycles. The summed E-state index contributed by atoms with van der Waals surface area (Å²) in [4.78, 5) is 14.4. The average Bonchev–Trinajstić information content (AvgIpc) is 2.95. The van der Waals surface area contributed by atoms with Crippen LogP contribution in [0.25, 0.3) is 0 Å². The lowest BCUT2D eigenvalue weighted by Gasteiger charge is -2.18. The van der Waals surface area contributed by atoms with Crippen molar-refractivity contribution in [3.63, 3.8) is 0 Å². The number of aromatic nitrogens is 2. The minimum absolute atomic E-state index is 0.00972. The van der Waals surface area contributed by atoms with Crippen LogP contribution in [0.5, 0.6) is 0 Å². The molecule has 17 heavy (non-hydrogen) atoms. The molecule has 1 unspecified atom stereocenters. The second-order valence-electron chi connectivity index (χ2n) is 4.34. The van der Waals surface area contributed by atoms with E-state index in [2.05, 4.69) is 9.59 Å². The van der Waals surface area contributed by atoms with Gasteiger partial charge in [-0.3, -0.25) is 4.79 Å². The van der Waals surface area contributed by atoms with Crippen LogP contribution in [0.15, 0.2) is 0 Å². The van der Waals surface area contributed by atoms with Crippen molar-refractivity contribution < 1.29 is 9.53 Å². The Kier molecular flexibility index (Phi) is 4.06. The summed E-state index contributed by atoms with van der Waals surface area (Å²) in [5.41, 5.74) is 0.712. The van der Waals surface area contributed by atoms with Crippen molar-refractivity contribution in [1.29, 1.82) is 0 Å². The van der Waals surface area contributed by atoms with Gasteiger partial charge in [0.05, 0.1) is 11.8 Å². The number of hydrogen-bond acceptors (Lipinski definition) is 5. The number of ether oxygens (including phenoxy) is 1. The molecule has 0 aromatic carbocycles. The molecule has 1 amide bonds. The first-order chi connectivity index (χ1) is 8.18. The second-order valence-corrected chi connectivity index (χ2v) is 5.09. The maximum absolute atomic E-state index is 12.0. The first-order valence-electron chi connectivity index (χ1n) is 5.84. The maximum Gasteiger partial charge on any atom is 0.267 e. The lowest BCUT2D eigenvalue weighted by Crippen LogP contribution is -2.29. The van der Waals surface area contributed by atoms with Crippen LogP contribution in [0.1, 0.15) is 34.6 Å². The standard InChI is InChI=1S/C11H17N3O2S/c1-8-10(17-13-12-8)11(15)14(2)6-5-9-4-3-7-16-9/h9H,3-7H2,1-2H3. The summed E-state index contributed by atoms with van der Waals surface area (Å²) < 4.78 is 9.32. The van der Waals surface area contributed by atoms with Crippen LogP contribution in [0.2, 0.25) is 0 Å². The minimum Gasteiger partial charge on any atom is -0.378 e. The predicted octanol–water partition coefficient (Wildman–Crippen LogP) is 1.49. The predicted molar refractivity (Wildman–Crippen MR) is 65.2 cm³/mol. The van der Waals surface area contributed by atoms with E-state index in [1.165, 1.54) is 0 Å². The maximum atomic E-state index is 12.0. The molecule has 0 saturated carbocycles. The van der Waals surface area contributed by atoms with Gasteiger partial charge in [0.1, 0.15) is 4.88 Å². The molecule has 5 nitrogen and oxygen atoms in total. The van der Waals surface area contributed by atoms with Gasteiger partial charge in [-0.25, -0.2) is 0 Å². The molecule has 0 aliphatic carbocycles. The van der Waals surface area contributed by atoms with Crippen LogP contribution in [0, 0.1) is 6.92 Å². The Morgan fingerprint density at radius 2 is 2.47 bits per heavy atom. The third kappa shape index (κ3) is 3.01. The van der Waals surface area contributed by atoms with Crippen LogP contribution in [-0.2, 0) is 4.74 Å². The van der Waals surface area contributed by atoms with Gasteiger partial charge in [0.15, 0.2) is 0 Å². The quantitative estimate of drug-likeness (QED) is 0.818. The molecule has 1 aliphatic rings. The molecule has 0 N–H and O–H groups in total. The summed E-state index contributed by atoms with van der Waals surface area (Å²) in [6, 6.07) is 0. The van der Waals surface area contributed by atoms with Crippen molar-refractivity contribution in [2.24, 2.45) is 0 Å². The zero-order chi connectivity index (χ0) is 12.3. The molecular weight excluding hydrogens is 238 g/mol. The molecule has 2 rings (SSSR count). The molecule has 1 aromatic rings. The summed E-state index contributed by atoms with van der Waals surface area (Å²) >= 11 is 1.16. The summed E-state index contributed by atoms with van der Waals surface area (Å²) in [5, 5.41) is 3.85. The normalized spacial score (nSPS) is 19.5. The van der Waals surface area contributed by atoms with Crippen LogP contribution in [0.3, 0.4) is 0 Å².